The molecule has 0 aliphatic carbocycles. The number of hydrogen-bond donors (Lipinski definition) is 1. The zero-order valence-electron chi connectivity index (χ0n) is 16.1. The van der Waals surface area contributed by atoms with Gasteiger partial charge in [0.25, 0.3) is 0 Å². The predicted molar refractivity (Wildman–Crippen MR) is 110 cm³/mol. The average molecular weight is 397 g/mol. The van der Waals surface area contributed by atoms with Crippen LogP contribution in [0.25, 0.3) is 5.13 Å². The van der Waals surface area contributed by atoms with Crippen molar-refractivity contribution in [3.8, 4) is 5.13 Å². The average Bonchev–Trinajstić information content (AvgIpc) is 3.33. The summed E-state index contributed by atoms with van der Waals surface area (Å²) in [4.78, 5) is 18.9. The zero-order chi connectivity index (χ0) is 19.5. The fourth-order valence-electron chi connectivity index (χ4n) is 3.55. The second-order valence-electron chi connectivity index (χ2n) is 7.12. The fraction of sp³-hybridized carbons (Fsp3) is 0.400. The van der Waals surface area contributed by atoms with Crippen LogP contribution < -0.4 is 10.2 Å². The van der Waals surface area contributed by atoms with Crippen molar-refractivity contribution in [3.05, 3.63) is 53.6 Å². The van der Waals surface area contributed by atoms with E-state index in [9.17, 15) is 4.79 Å². The Hall–Kier alpha value is -2.74. The Bertz CT molecular complexity index is 923. The molecule has 3 aromatic rings. The monoisotopic (exact) mass is 396 g/mol. The number of amides is 1. The summed E-state index contributed by atoms with van der Waals surface area (Å²) in [6.45, 7) is 6.27. The van der Waals surface area contributed by atoms with E-state index in [1.807, 2.05) is 18.2 Å². The Labute approximate surface area is 168 Å². The maximum Gasteiger partial charge on any atom is 0.223 e. The van der Waals surface area contributed by atoms with Crippen molar-refractivity contribution in [1.82, 2.24) is 25.1 Å². The molecule has 28 heavy (non-hydrogen) atoms. The minimum Gasteiger partial charge on any atom is -0.350 e. The van der Waals surface area contributed by atoms with E-state index in [1.165, 1.54) is 0 Å². The number of rotatable bonds is 5. The van der Waals surface area contributed by atoms with Crippen LogP contribution in [-0.4, -0.2) is 38.7 Å². The molecule has 1 aliphatic rings. The van der Waals surface area contributed by atoms with Crippen molar-refractivity contribution in [3.63, 3.8) is 0 Å². The molecule has 1 fully saturated rings. The molecule has 7 nitrogen and oxygen atoms in total. The van der Waals surface area contributed by atoms with Gasteiger partial charge in [0, 0.05) is 36.6 Å². The van der Waals surface area contributed by atoms with Gasteiger partial charge in [-0.3, -0.25) is 14.3 Å². The van der Waals surface area contributed by atoms with Gasteiger partial charge in [-0.15, -0.1) is 10.2 Å². The first kappa shape index (κ1) is 18.6. The van der Waals surface area contributed by atoms with Crippen molar-refractivity contribution in [2.45, 2.75) is 33.2 Å². The molecule has 3 aromatic heterocycles. The standard InChI is InChI=1S/C20H24N6OS/c1-14-6-7-15(2)26(14)20-24-23-19(28-20)25-11-8-16(9-12-25)18(27)22-13-17-5-3-4-10-21-17/h3-7,10,16H,8-9,11-13H2,1-2H3,(H,22,27). The third kappa shape index (κ3) is 3.91. The molecule has 146 valence electrons. The van der Waals surface area contributed by atoms with Crippen LogP contribution in [0.15, 0.2) is 36.5 Å². The summed E-state index contributed by atoms with van der Waals surface area (Å²) in [5, 5.41) is 13.6. The predicted octanol–water partition coefficient (Wildman–Crippen LogP) is 2.87. The summed E-state index contributed by atoms with van der Waals surface area (Å²) in [6, 6.07) is 9.90. The molecule has 0 spiro atoms. The van der Waals surface area contributed by atoms with E-state index < -0.39 is 0 Å². The number of carbonyl (C=O) groups excluding carboxylic acids is 1. The molecule has 0 radical (unpaired) electrons. The van der Waals surface area contributed by atoms with Crippen LogP contribution in [0.4, 0.5) is 5.13 Å². The van der Waals surface area contributed by atoms with Gasteiger partial charge in [-0.05, 0) is 51.0 Å². The van der Waals surface area contributed by atoms with Crippen molar-refractivity contribution in [1.29, 1.82) is 0 Å². The molecular weight excluding hydrogens is 372 g/mol. The van der Waals surface area contributed by atoms with E-state index in [-0.39, 0.29) is 11.8 Å². The van der Waals surface area contributed by atoms with Crippen molar-refractivity contribution >= 4 is 22.4 Å². The van der Waals surface area contributed by atoms with Crippen molar-refractivity contribution in [2.24, 2.45) is 5.92 Å². The highest BCUT2D eigenvalue weighted by Crippen LogP contribution is 2.29. The maximum atomic E-state index is 12.5. The largest absolute Gasteiger partial charge is 0.350 e. The SMILES string of the molecule is Cc1ccc(C)n1-c1nnc(N2CCC(C(=O)NCc3ccccn3)CC2)s1. The van der Waals surface area contributed by atoms with Crippen molar-refractivity contribution in [2.75, 3.05) is 18.0 Å². The lowest BCUT2D eigenvalue weighted by Gasteiger charge is -2.30. The molecular formula is C20H24N6OS. The number of hydrogen-bond acceptors (Lipinski definition) is 6. The Balaban J connectivity index is 1.32. The molecule has 0 aromatic carbocycles. The van der Waals surface area contributed by atoms with E-state index >= 15 is 0 Å². The van der Waals surface area contributed by atoms with Gasteiger partial charge in [0.15, 0.2) is 0 Å². The van der Waals surface area contributed by atoms with Gasteiger partial charge >= 0.3 is 0 Å². The molecule has 8 heteroatoms. The normalized spacial score (nSPS) is 15.0. The second kappa shape index (κ2) is 8.10. The lowest BCUT2D eigenvalue weighted by atomic mass is 9.96. The topological polar surface area (TPSA) is 75.9 Å². The van der Waals surface area contributed by atoms with Crippen LogP contribution in [0, 0.1) is 19.8 Å². The summed E-state index contributed by atoms with van der Waals surface area (Å²) in [6.07, 6.45) is 3.39. The minimum atomic E-state index is 0.0429. The van der Waals surface area contributed by atoms with Crippen molar-refractivity contribution < 1.29 is 4.79 Å². The third-order valence-electron chi connectivity index (χ3n) is 5.17. The van der Waals surface area contributed by atoms with E-state index in [2.05, 4.69) is 55.9 Å². The zero-order valence-corrected chi connectivity index (χ0v) is 16.9. The lowest BCUT2D eigenvalue weighted by molar-refractivity contribution is -0.125. The molecule has 1 amide bonds. The fourth-order valence-corrected chi connectivity index (χ4v) is 4.57. The van der Waals surface area contributed by atoms with E-state index in [4.69, 9.17) is 0 Å². The Kier molecular flexibility index (Phi) is 5.38. The van der Waals surface area contributed by atoms with Gasteiger partial charge in [0.2, 0.25) is 16.2 Å². The molecule has 0 atom stereocenters. The first-order valence-corrected chi connectivity index (χ1v) is 10.3. The van der Waals surface area contributed by atoms with E-state index in [0.717, 1.165) is 53.3 Å². The minimum absolute atomic E-state index is 0.0429. The number of nitrogens with one attached hydrogen (secondary N) is 1. The Morgan fingerprint density at radius 3 is 2.50 bits per heavy atom. The van der Waals surface area contributed by atoms with Crippen LogP contribution in [0.1, 0.15) is 29.9 Å². The lowest BCUT2D eigenvalue weighted by Crippen LogP contribution is -2.40. The maximum absolute atomic E-state index is 12.5. The Morgan fingerprint density at radius 1 is 1.11 bits per heavy atom. The summed E-state index contributed by atoms with van der Waals surface area (Å²) in [5.74, 6) is 0.156. The van der Waals surface area contributed by atoms with Gasteiger partial charge in [0.1, 0.15) is 0 Å². The van der Waals surface area contributed by atoms with Gasteiger partial charge < -0.3 is 10.2 Å². The smallest absolute Gasteiger partial charge is 0.223 e. The quantitative estimate of drug-likeness (QED) is 0.718. The number of aryl methyl sites for hydroxylation is 2. The van der Waals surface area contributed by atoms with Crippen LogP contribution in [-0.2, 0) is 11.3 Å². The number of aromatic nitrogens is 4. The number of piperidine rings is 1. The molecule has 0 unspecified atom stereocenters. The summed E-state index contributed by atoms with van der Waals surface area (Å²) in [5.41, 5.74) is 3.19. The van der Waals surface area contributed by atoms with Crippen LogP contribution >= 0.6 is 11.3 Å². The summed E-state index contributed by atoms with van der Waals surface area (Å²) in [7, 11) is 0. The highest BCUT2D eigenvalue weighted by Gasteiger charge is 2.26. The number of pyridine rings is 1. The first-order chi connectivity index (χ1) is 13.6. The van der Waals surface area contributed by atoms with E-state index in [1.54, 1.807) is 17.5 Å². The van der Waals surface area contributed by atoms with Crippen LogP contribution in [0.3, 0.4) is 0 Å². The molecule has 1 aliphatic heterocycles. The second-order valence-corrected chi connectivity index (χ2v) is 8.05. The summed E-state index contributed by atoms with van der Waals surface area (Å²) < 4.78 is 2.12. The number of carbonyl (C=O) groups is 1. The first-order valence-electron chi connectivity index (χ1n) is 9.53. The van der Waals surface area contributed by atoms with Crippen LogP contribution in [0.2, 0.25) is 0 Å². The van der Waals surface area contributed by atoms with Gasteiger partial charge in [0.05, 0.1) is 12.2 Å². The number of nitrogens with zero attached hydrogens (tertiary/aromatic N) is 5. The molecule has 0 saturated carbocycles. The Morgan fingerprint density at radius 2 is 1.82 bits per heavy atom. The molecule has 1 saturated heterocycles. The van der Waals surface area contributed by atoms with E-state index in [0.29, 0.717) is 6.54 Å². The highest BCUT2D eigenvalue weighted by molar-refractivity contribution is 7.17. The molecule has 1 N–H and O–H groups in total. The van der Waals surface area contributed by atoms with Gasteiger partial charge in [-0.25, -0.2) is 0 Å². The van der Waals surface area contributed by atoms with Gasteiger partial charge in [-0.1, -0.05) is 17.4 Å². The molecule has 0 bridgehead atoms. The highest BCUT2D eigenvalue weighted by atomic mass is 32.1. The molecule has 4 heterocycles. The van der Waals surface area contributed by atoms with Crippen LogP contribution in [0.5, 0.6) is 0 Å². The van der Waals surface area contributed by atoms with Gasteiger partial charge in [-0.2, -0.15) is 0 Å². The number of anilines is 1. The third-order valence-corrected chi connectivity index (χ3v) is 6.14. The molecule has 4 rings (SSSR count). The summed E-state index contributed by atoms with van der Waals surface area (Å²) >= 11 is 1.60.